The zero-order chi connectivity index (χ0) is 22.8. The summed E-state index contributed by atoms with van der Waals surface area (Å²) in [5.41, 5.74) is 1.68. The van der Waals surface area contributed by atoms with Crippen LogP contribution in [-0.2, 0) is 20.9 Å². The van der Waals surface area contributed by atoms with E-state index < -0.39 is 12.1 Å². The molecule has 0 saturated heterocycles. The predicted molar refractivity (Wildman–Crippen MR) is 114 cm³/mol. The summed E-state index contributed by atoms with van der Waals surface area (Å²) in [5, 5.41) is 13.9. The second kappa shape index (κ2) is 8.50. The zero-order valence-electron chi connectivity index (χ0n) is 17.1. The van der Waals surface area contributed by atoms with E-state index in [2.05, 4.69) is 10.1 Å². The van der Waals surface area contributed by atoms with Gasteiger partial charge in [-0.05, 0) is 35.2 Å². The van der Waals surface area contributed by atoms with E-state index >= 15 is 0 Å². The number of phenolic OH excluding ortho intramolecular Hbond substituents is 1. The molecular formula is C24H19NO7. The van der Waals surface area contributed by atoms with Crippen LogP contribution in [0.15, 0.2) is 48.5 Å². The molecule has 8 heteroatoms. The lowest BCUT2D eigenvalue weighted by Gasteiger charge is -2.18. The Labute approximate surface area is 182 Å². The Morgan fingerprint density at radius 1 is 0.938 bits per heavy atom. The molecule has 1 aliphatic carbocycles. The van der Waals surface area contributed by atoms with Crippen molar-refractivity contribution in [1.82, 2.24) is 5.32 Å². The number of carbonyl (C=O) groups excluding carboxylic acids is 4. The highest BCUT2D eigenvalue weighted by molar-refractivity contribution is 6.29. The molecular weight excluding hydrogens is 414 g/mol. The molecule has 3 aromatic carbocycles. The number of nitrogens with one attached hydrogen (secondary N) is 1. The molecule has 0 spiro atoms. The first kappa shape index (κ1) is 21.0. The Morgan fingerprint density at radius 2 is 1.59 bits per heavy atom. The molecule has 0 bridgehead atoms. The molecule has 0 aliphatic heterocycles. The third-order valence-corrected chi connectivity index (χ3v) is 5.23. The van der Waals surface area contributed by atoms with Crippen LogP contribution in [0.25, 0.3) is 10.8 Å². The number of amides is 1. The third kappa shape index (κ3) is 3.90. The number of benzene rings is 3. The standard InChI is InChI=1S/C24H19NO7/c1-31-21(27)6-7-25-24(30)32-12-13-8-14-10-18-19(11-17(14)20(26)9-13)23(29)16-5-3-2-4-15(16)22(18)28/h2-5,8-11,26H,6-7,12H2,1H3,(H,25,30). The van der Waals surface area contributed by atoms with Crippen LogP contribution in [0.5, 0.6) is 5.75 Å². The maximum absolute atomic E-state index is 12.9. The monoisotopic (exact) mass is 433 g/mol. The van der Waals surface area contributed by atoms with Gasteiger partial charge in [0.1, 0.15) is 12.4 Å². The number of carbonyl (C=O) groups is 4. The normalized spacial score (nSPS) is 12.2. The predicted octanol–water partition coefficient (Wildman–Crippen LogP) is 3.11. The van der Waals surface area contributed by atoms with Gasteiger partial charge in [-0.1, -0.05) is 24.3 Å². The topological polar surface area (TPSA) is 119 Å². The first-order valence-electron chi connectivity index (χ1n) is 9.84. The number of methoxy groups -OCH3 is 1. The van der Waals surface area contributed by atoms with Crippen molar-refractivity contribution < 1.29 is 33.8 Å². The van der Waals surface area contributed by atoms with Crippen molar-refractivity contribution in [2.24, 2.45) is 0 Å². The molecule has 1 aliphatic rings. The summed E-state index contributed by atoms with van der Waals surface area (Å²) in [7, 11) is 1.26. The summed E-state index contributed by atoms with van der Waals surface area (Å²) in [6.07, 6.45) is -0.708. The Hall–Kier alpha value is -4.20. The summed E-state index contributed by atoms with van der Waals surface area (Å²) >= 11 is 0. The molecule has 0 heterocycles. The minimum atomic E-state index is -0.726. The molecule has 0 unspecified atom stereocenters. The van der Waals surface area contributed by atoms with Crippen LogP contribution in [0, 0.1) is 0 Å². The van der Waals surface area contributed by atoms with E-state index in [1.807, 2.05) is 0 Å². The molecule has 0 aromatic heterocycles. The second-order valence-corrected chi connectivity index (χ2v) is 7.27. The number of hydrogen-bond donors (Lipinski definition) is 2. The number of phenols is 1. The van der Waals surface area contributed by atoms with Crippen LogP contribution < -0.4 is 5.32 Å². The zero-order valence-corrected chi connectivity index (χ0v) is 17.1. The van der Waals surface area contributed by atoms with E-state index in [4.69, 9.17) is 4.74 Å². The summed E-state index contributed by atoms with van der Waals surface area (Å²) in [6.45, 7) is -0.0709. The molecule has 4 rings (SSSR count). The minimum Gasteiger partial charge on any atom is -0.507 e. The van der Waals surface area contributed by atoms with E-state index in [1.165, 1.54) is 19.2 Å². The van der Waals surface area contributed by atoms with Gasteiger partial charge in [-0.15, -0.1) is 0 Å². The number of ether oxygens (including phenoxy) is 2. The second-order valence-electron chi connectivity index (χ2n) is 7.27. The first-order chi connectivity index (χ1) is 15.4. The van der Waals surface area contributed by atoms with Crippen LogP contribution in [0.2, 0.25) is 0 Å². The van der Waals surface area contributed by atoms with Crippen molar-refractivity contribution in [2.75, 3.05) is 13.7 Å². The molecule has 0 atom stereocenters. The van der Waals surface area contributed by atoms with Gasteiger partial charge in [-0.3, -0.25) is 14.4 Å². The van der Waals surface area contributed by atoms with Crippen molar-refractivity contribution in [3.8, 4) is 5.75 Å². The average molecular weight is 433 g/mol. The van der Waals surface area contributed by atoms with Crippen molar-refractivity contribution >= 4 is 34.4 Å². The number of aromatic hydroxyl groups is 1. The minimum absolute atomic E-state index is 0.0172. The summed E-state index contributed by atoms with van der Waals surface area (Å²) in [5.74, 6) is -1.09. The van der Waals surface area contributed by atoms with Crippen LogP contribution in [-0.4, -0.2) is 42.4 Å². The summed E-state index contributed by atoms with van der Waals surface area (Å²) in [4.78, 5) is 48.7. The van der Waals surface area contributed by atoms with E-state index in [-0.39, 0.29) is 48.0 Å². The number of rotatable bonds is 5. The largest absolute Gasteiger partial charge is 0.507 e. The highest BCUT2D eigenvalue weighted by atomic mass is 16.5. The maximum Gasteiger partial charge on any atom is 0.407 e. The summed E-state index contributed by atoms with van der Waals surface area (Å²) in [6, 6.07) is 12.8. The fourth-order valence-electron chi connectivity index (χ4n) is 3.65. The van der Waals surface area contributed by atoms with E-state index in [1.54, 1.807) is 36.4 Å². The highest BCUT2D eigenvalue weighted by Crippen LogP contribution is 2.34. The number of ketones is 2. The van der Waals surface area contributed by atoms with Crippen molar-refractivity contribution in [2.45, 2.75) is 13.0 Å². The van der Waals surface area contributed by atoms with Gasteiger partial charge in [-0.25, -0.2) is 4.79 Å². The first-order valence-corrected chi connectivity index (χ1v) is 9.84. The van der Waals surface area contributed by atoms with Gasteiger partial charge in [-0.2, -0.15) is 0 Å². The molecule has 162 valence electrons. The number of alkyl carbamates (subject to hydrolysis) is 1. The molecule has 2 N–H and O–H groups in total. The average Bonchev–Trinajstić information content (AvgIpc) is 2.80. The van der Waals surface area contributed by atoms with Gasteiger partial charge in [0.15, 0.2) is 11.6 Å². The molecule has 3 aromatic rings. The van der Waals surface area contributed by atoms with Crippen LogP contribution >= 0.6 is 0 Å². The number of fused-ring (bicyclic) bond motifs is 3. The van der Waals surface area contributed by atoms with E-state index in [9.17, 15) is 24.3 Å². The van der Waals surface area contributed by atoms with Gasteiger partial charge in [0.2, 0.25) is 0 Å². The quantitative estimate of drug-likeness (QED) is 0.464. The fourth-order valence-corrected chi connectivity index (χ4v) is 3.65. The lowest BCUT2D eigenvalue weighted by Crippen LogP contribution is -2.26. The smallest absolute Gasteiger partial charge is 0.407 e. The van der Waals surface area contributed by atoms with Gasteiger partial charge in [0.05, 0.1) is 13.5 Å². The van der Waals surface area contributed by atoms with E-state index in [0.29, 0.717) is 27.5 Å². The Morgan fingerprint density at radius 3 is 2.25 bits per heavy atom. The van der Waals surface area contributed by atoms with Gasteiger partial charge < -0.3 is 19.9 Å². The van der Waals surface area contributed by atoms with Crippen LogP contribution in [0.1, 0.15) is 43.8 Å². The molecule has 0 fully saturated rings. The van der Waals surface area contributed by atoms with Crippen LogP contribution in [0.3, 0.4) is 0 Å². The van der Waals surface area contributed by atoms with Gasteiger partial charge >= 0.3 is 12.1 Å². The fraction of sp³-hybridized carbons (Fsp3) is 0.167. The molecule has 8 nitrogen and oxygen atoms in total. The summed E-state index contributed by atoms with van der Waals surface area (Å²) < 4.78 is 9.60. The van der Waals surface area contributed by atoms with Crippen molar-refractivity contribution in [3.05, 3.63) is 76.3 Å². The van der Waals surface area contributed by atoms with Crippen molar-refractivity contribution in [3.63, 3.8) is 0 Å². The molecule has 1 amide bonds. The number of hydrogen-bond acceptors (Lipinski definition) is 7. The lowest BCUT2D eigenvalue weighted by atomic mass is 9.82. The third-order valence-electron chi connectivity index (χ3n) is 5.23. The lowest BCUT2D eigenvalue weighted by molar-refractivity contribution is -0.140. The van der Waals surface area contributed by atoms with E-state index in [0.717, 1.165) is 0 Å². The Balaban J connectivity index is 1.57. The van der Waals surface area contributed by atoms with Gasteiger partial charge in [0.25, 0.3) is 0 Å². The van der Waals surface area contributed by atoms with Gasteiger partial charge in [0, 0.05) is 34.2 Å². The maximum atomic E-state index is 12.9. The molecule has 0 radical (unpaired) electrons. The highest BCUT2D eigenvalue weighted by Gasteiger charge is 2.30. The van der Waals surface area contributed by atoms with Crippen LogP contribution in [0.4, 0.5) is 4.79 Å². The molecule has 32 heavy (non-hydrogen) atoms. The Bertz CT molecular complexity index is 1280. The van der Waals surface area contributed by atoms with Crippen molar-refractivity contribution in [1.29, 1.82) is 0 Å². The number of esters is 1. The SMILES string of the molecule is COC(=O)CCNC(=O)OCc1cc(O)c2cc3c(cc2c1)C(=O)c1ccccc1C3=O. The molecule has 0 saturated carbocycles. The Kier molecular flexibility index (Phi) is 5.59.